The molecule has 0 amide bonds. The predicted molar refractivity (Wildman–Crippen MR) is 68.3 cm³/mol. The van der Waals surface area contributed by atoms with Gasteiger partial charge in [0.25, 0.3) is 0 Å². The second kappa shape index (κ2) is 9.92. The summed E-state index contributed by atoms with van der Waals surface area (Å²) in [5.74, 6) is 4.87. The predicted octanol–water partition coefficient (Wildman–Crippen LogP) is 2.44. The average molecular weight is 238 g/mol. The Morgan fingerprint density at radius 2 is 2.06 bits per heavy atom. The van der Waals surface area contributed by atoms with Gasteiger partial charge in [-0.2, -0.15) is 0 Å². The molecule has 0 aliphatic heterocycles. The highest BCUT2D eigenvalue weighted by Crippen LogP contribution is 2.03. The van der Waals surface area contributed by atoms with Crippen molar-refractivity contribution in [1.82, 2.24) is 0 Å². The SMILES string of the molecule is C=C(C(=O)OCC)C(O)C#CCCCCCC. The fraction of sp³-hybridized carbons (Fsp3) is 0.643. The first-order valence-corrected chi connectivity index (χ1v) is 6.15. The van der Waals surface area contributed by atoms with E-state index >= 15 is 0 Å². The van der Waals surface area contributed by atoms with Gasteiger partial charge in [0, 0.05) is 6.42 Å². The minimum atomic E-state index is -1.11. The van der Waals surface area contributed by atoms with Crippen molar-refractivity contribution < 1.29 is 14.6 Å². The molecule has 0 aliphatic carbocycles. The molecule has 0 aliphatic rings. The molecule has 1 N–H and O–H groups in total. The Labute approximate surface area is 104 Å². The fourth-order valence-corrected chi connectivity index (χ4v) is 1.23. The summed E-state index contributed by atoms with van der Waals surface area (Å²) < 4.78 is 4.72. The topological polar surface area (TPSA) is 46.5 Å². The third-order valence-corrected chi connectivity index (χ3v) is 2.26. The molecule has 96 valence electrons. The first-order valence-electron chi connectivity index (χ1n) is 6.15. The van der Waals surface area contributed by atoms with Crippen LogP contribution in [0.25, 0.3) is 0 Å². The molecule has 0 bridgehead atoms. The molecule has 1 unspecified atom stereocenters. The third kappa shape index (κ3) is 7.59. The number of ether oxygens (including phenoxy) is 1. The largest absolute Gasteiger partial charge is 0.463 e. The van der Waals surface area contributed by atoms with Gasteiger partial charge in [-0.15, -0.1) is 5.92 Å². The number of carbonyl (C=O) groups is 1. The van der Waals surface area contributed by atoms with Crippen LogP contribution in [0.15, 0.2) is 12.2 Å². The lowest BCUT2D eigenvalue weighted by molar-refractivity contribution is -0.139. The zero-order chi connectivity index (χ0) is 13.1. The Kier molecular flexibility index (Phi) is 9.18. The molecule has 0 saturated heterocycles. The monoisotopic (exact) mass is 238 g/mol. The lowest BCUT2D eigenvalue weighted by atomic mass is 10.1. The van der Waals surface area contributed by atoms with Crippen LogP contribution in [-0.2, 0) is 9.53 Å². The van der Waals surface area contributed by atoms with Gasteiger partial charge in [-0.05, 0) is 13.3 Å². The van der Waals surface area contributed by atoms with Gasteiger partial charge >= 0.3 is 5.97 Å². The fourth-order valence-electron chi connectivity index (χ4n) is 1.23. The number of aliphatic hydroxyl groups excluding tert-OH is 1. The number of esters is 1. The van der Waals surface area contributed by atoms with Crippen LogP contribution in [0.3, 0.4) is 0 Å². The molecule has 0 aromatic carbocycles. The van der Waals surface area contributed by atoms with Crippen molar-refractivity contribution in [2.75, 3.05) is 6.61 Å². The molecule has 0 radical (unpaired) electrons. The van der Waals surface area contributed by atoms with Crippen LogP contribution in [0, 0.1) is 11.8 Å². The lowest BCUT2D eigenvalue weighted by Crippen LogP contribution is -2.17. The van der Waals surface area contributed by atoms with Gasteiger partial charge in [0.05, 0.1) is 12.2 Å². The highest BCUT2D eigenvalue weighted by molar-refractivity contribution is 5.89. The third-order valence-electron chi connectivity index (χ3n) is 2.26. The number of unbranched alkanes of at least 4 members (excludes halogenated alkanes) is 4. The molecule has 0 saturated carbocycles. The van der Waals surface area contributed by atoms with E-state index in [0.29, 0.717) is 0 Å². The summed E-state index contributed by atoms with van der Waals surface area (Å²) in [5.41, 5.74) is 0.00732. The maximum atomic E-state index is 11.2. The van der Waals surface area contributed by atoms with Crippen LogP contribution < -0.4 is 0 Å². The maximum Gasteiger partial charge on any atom is 0.337 e. The van der Waals surface area contributed by atoms with E-state index in [9.17, 15) is 9.90 Å². The number of rotatable bonds is 7. The molecule has 0 aromatic rings. The maximum absolute atomic E-state index is 11.2. The first kappa shape index (κ1) is 15.7. The zero-order valence-corrected chi connectivity index (χ0v) is 10.8. The Morgan fingerprint density at radius 3 is 2.65 bits per heavy atom. The Hall–Kier alpha value is -1.27. The minimum Gasteiger partial charge on any atom is -0.463 e. The van der Waals surface area contributed by atoms with Gasteiger partial charge in [-0.3, -0.25) is 0 Å². The number of hydrogen-bond acceptors (Lipinski definition) is 3. The van der Waals surface area contributed by atoms with Crippen LogP contribution in [0.4, 0.5) is 0 Å². The second-order valence-corrected chi connectivity index (χ2v) is 3.78. The van der Waals surface area contributed by atoms with Crippen LogP contribution >= 0.6 is 0 Å². The van der Waals surface area contributed by atoms with Crippen molar-refractivity contribution in [3.8, 4) is 11.8 Å². The van der Waals surface area contributed by atoms with Gasteiger partial charge in [0.2, 0.25) is 0 Å². The summed E-state index contributed by atoms with van der Waals surface area (Å²) >= 11 is 0. The second-order valence-electron chi connectivity index (χ2n) is 3.78. The van der Waals surface area contributed by atoms with Crippen molar-refractivity contribution in [3.63, 3.8) is 0 Å². The smallest absolute Gasteiger partial charge is 0.337 e. The first-order chi connectivity index (χ1) is 8.13. The summed E-state index contributed by atoms with van der Waals surface area (Å²) in [4.78, 5) is 11.2. The summed E-state index contributed by atoms with van der Waals surface area (Å²) in [6.07, 6.45) is 4.21. The number of carbonyl (C=O) groups excluding carboxylic acids is 1. The molecular formula is C14H22O3. The average Bonchev–Trinajstić information content (AvgIpc) is 2.32. The summed E-state index contributed by atoms with van der Waals surface area (Å²) in [6, 6.07) is 0. The molecule has 3 heteroatoms. The Balaban J connectivity index is 3.91. The zero-order valence-electron chi connectivity index (χ0n) is 10.8. The molecule has 0 aromatic heterocycles. The Bertz CT molecular complexity index is 296. The van der Waals surface area contributed by atoms with Crippen LogP contribution in [0.1, 0.15) is 46.0 Å². The van der Waals surface area contributed by atoms with Gasteiger partial charge in [0.1, 0.15) is 6.10 Å². The van der Waals surface area contributed by atoms with E-state index in [4.69, 9.17) is 4.74 Å². The van der Waals surface area contributed by atoms with Crippen molar-refractivity contribution in [3.05, 3.63) is 12.2 Å². The van der Waals surface area contributed by atoms with Crippen LogP contribution in [0.5, 0.6) is 0 Å². The van der Waals surface area contributed by atoms with E-state index in [1.54, 1.807) is 6.92 Å². The molecule has 0 fully saturated rings. The van der Waals surface area contributed by atoms with E-state index in [1.807, 2.05) is 0 Å². The van der Waals surface area contributed by atoms with Crippen molar-refractivity contribution in [2.24, 2.45) is 0 Å². The van der Waals surface area contributed by atoms with Crippen LogP contribution in [-0.4, -0.2) is 23.8 Å². The van der Waals surface area contributed by atoms with E-state index < -0.39 is 12.1 Å². The summed E-state index contributed by atoms with van der Waals surface area (Å²) in [7, 11) is 0. The van der Waals surface area contributed by atoms with Crippen LogP contribution in [0.2, 0.25) is 0 Å². The quantitative estimate of drug-likeness (QED) is 0.321. The highest BCUT2D eigenvalue weighted by Gasteiger charge is 2.14. The number of hydrogen-bond donors (Lipinski definition) is 1. The highest BCUT2D eigenvalue weighted by atomic mass is 16.5. The summed E-state index contributed by atoms with van der Waals surface area (Å²) in [6.45, 7) is 7.60. The van der Waals surface area contributed by atoms with E-state index in [0.717, 1.165) is 19.3 Å². The normalized spacial score (nSPS) is 11.2. The molecule has 0 spiro atoms. The molecular weight excluding hydrogens is 216 g/mol. The minimum absolute atomic E-state index is 0.00732. The molecule has 17 heavy (non-hydrogen) atoms. The lowest BCUT2D eigenvalue weighted by Gasteiger charge is -2.06. The van der Waals surface area contributed by atoms with Gasteiger partial charge < -0.3 is 9.84 Å². The van der Waals surface area contributed by atoms with E-state index in [-0.39, 0.29) is 12.2 Å². The van der Waals surface area contributed by atoms with Gasteiger partial charge in [-0.1, -0.05) is 38.7 Å². The molecule has 1 atom stereocenters. The molecule has 3 nitrogen and oxygen atoms in total. The summed E-state index contributed by atoms with van der Waals surface area (Å²) in [5, 5.41) is 9.54. The standard InChI is InChI=1S/C14H22O3/c1-4-6-7-8-9-10-11-13(15)12(3)14(16)17-5-2/h13,15H,3-9H2,1-2H3. The van der Waals surface area contributed by atoms with Gasteiger partial charge in [0.15, 0.2) is 0 Å². The van der Waals surface area contributed by atoms with E-state index in [2.05, 4.69) is 25.3 Å². The van der Waals surface area contributed by atoms with Crippen molar-refractivity contribution in [2.45, 2.75) is 52.1 Å². The molecule has 0 heterocycles. The van der Waals surface area contributed by atoms with Crippen molar-refractivity contribution in [1.29, 1.82) is 0 Å². The Morgan fingerprint density at radius 1 is 1.35 bits per heavy atom. The number of aliphatic hydroxyl groups is 1. The van der Waals surface area contributed by atoms with Crippen molar-refractivity contribution >= 4 is 5.97 Å². The van der Waals surface area contributed by atoms with Gasteiger partial charge in [-0.25, -0.2) is 4.79 Å². The molecule has 0 rings (SSSR count). The van der Waals surface area contributed by atoms with E-state index in [1.165, 1.54) is 12.8 Å².